The van der Waals surface area contributed by atoms with Crippen molar-refractivity contribution in [3.05, 3.63) is 52.2 Å². The Morgan fingerprint density at radius 1 is 1.16 bits per heavy atom. The number of thioether (sulfide) groups is 1. The summed E-state index contributed by atoms with van der Waals surface area (Å²) in [5.74, 6) is 0.0992. The van der Waals surface area contributed by atoms with Gasteiger partial charge in [0.2, 0.25) is 5.91 Å². The quantitative estimate of drug-likeness (QED) is 0.645. The van der Waals surface area contributed by atoms with E-state index in [1.165, 1.54) is 0 Å². The van der Waals surface area contributed by atoms with Crippen LogP contribution in [0.3, 0.4) is 0 Å². The largest absolute Gasteiger partial charge is 0.497 e. The van der Waals surface area contributed by atoms with E-state index in [1.807, 2.05) is 44.2 Å². The molecule has 0 aliphatic carbocycles. The van der Waals surface area contributed by atoms with E-state index in [9.17, 15) is 14.4 Å². The van der Waals surface area contributed by atoms with Crippen molar-refractivity contribution in [2.24, 2.45) is 0 Å². The van der Waals surface area contributed by atoms with E-state index in [0.717, 1.165) is 45.1 Å². The van der Waals surface area contributed by atoms with Crippen LogP contribution in [0.15, 0.2) is 35.2 Å². The normalized spacial score (nSPS) is 18.0. The smallest absolute Gasteiger partial charge is 0.294 e. The van der Waals surface area contributed by atoms with E-state index in [1.54, 1.807) is 18.1 Å². The highest BCUT2D eigenvalue weighted by atomic mass is 32.2. The Kier molecular flexibility index (Phi) is 6.38. The Balaban J connectivity index is 1.54. The number of morpholine rings is 1. The number of rotatable bonds is 5. The van der Waals surface area contributed by atoms with Gasteiger partial charge in [0, 0.05) is 30.2 Å². The second-order valence-electron chi connectivity index (χ2n) is 7.62. The summed E-state index contributed by atoms with van der Waals surface area (Å²) < 4.78 is 12.6. The summed E-state index contributed by atoms with van der Waals surface area (Å²) in [7, 11) is 1.63. The predicted octanol–water partition coefficient (Wildman–Crippen LogP) is 3.00. The van der Waals surface area contributed by atoms with Crippen molar-refractivity contribution >= 4 is 34.9 Å². The number of methoxy groups -OCH3 is 1. The Hall–Kier alpha value is -3.04. The van der Waals surface area contributed by atoms with Gasteiger partial charge in [-0.3, -0.25) is 19.3 Å². The third-order valence-corrected chi connectivity index (χ3v) is 6.53. The van der Waals surface area contributed by atoms with E-state index in [2.05, 4.69) is 4.57 Å². The first-order valence-corrected chi connectivity index (χ1v) is 11.1. The molecule has 3 amide bonds. The Bertz CT molecular complexity index is 1080. The highest BCUT2D eigenvalue weighted by Gasteiger charge is 2.37. The minimum absolute atomic E-state index is 0.241. The molecular weight excluding hydrogens is 430 g/mol. The van der Waals surface area contributed by atoms with Crippen molar-refractivity contribution in [2.75, 3.05) is 40.0 Å². The summed E-state index contributed by atoms with van der Waals surface area (Å²) >= 11 is 0.867. The van der Waals surface area contributed by atoms with Gasteiger partial charge in [-0.2, -0.15) is 0 Å². The van der Waals surface area contributed by atoms with Gasteiger partial charge in [0.15, 0.2) is 0 Å². The second kappa shape index (κ2) is 9.22. The number of amides is 3. The number of carbonyl (C=O) groups is 3. The summed E-state index contributed by atoms with van der Waals surface area (Å²) in [6.45, 7) is 5.60. The molecule has 8 nitrogen and oxygen atoms in total. The third-order valence-electron chi connectivity index (χ3n) is 5.62. The Labute approximate surface area is 190 Å². The molecule has 0 saturated carbocycles. The molecule has 3 heterocycles. The van der Waals surface area contributed by atoms with Gasteiger partial charge in [0.1, 0.15) is 12.3 Å². The van der Waals surface area contributed by atoms with Crippen molar-refractivity contribution in [3.8, 4) is 11.4 Å². The zero-order chi connectivity index (χ0) is 22.8. The van der Waals surface area contributed by atoms with E-state index in [-0.39, 0.29) is 12.5 Å². The van der Waals surface area contributed by atoms with Gasteiger partial charge >= 0.3 is 0 Å². The maximum absolute atomic E-state index is 12.9. The average molecular weight is 456 g/mol. The first-order chi connectivity index (χ1) is 15.4. The maximum Gasteiger partial charge on any atom is 0.294 e. The van der Waals surface area contributed by atoms with Crippen LogP contribution in [0.25, 0.3) is 11.8 Å². The lowest BCUT2D eigenvalue weighted by Gasteiger charge is -2.28. The third kappa shape index (κ3) is 4.31. The second-order valence-corrected chi connectivity index (χ2v) is 8.61. The maximum atomic E-state index is 12.9. The van der Waals surface area contributed by atoms with Gasteiger partial charge < -0.3 is 18.9 Å². The summed E-state index contributed by atoms with van der Waals surface area (Å²) in [5, 5.41) is -0.424. The average Bonchev–Trinajstić information content (AvgIpc) is 3.23. The van der Waals surface area contributed by atoms with Crippen LogP contribution in [0.2, 0.25) is 0 Å². The van der Waals surface area contributed by atoms with Gasteiger partial charge in [0.05, 0.1) is 25.2 Å². The number of benzene rings is 1. The standard InChI is InChI=1S/C23H25N3O5S/c1-15-12-17(16(2)26(15)18-4-6-19(30-3)7-5-18)13-20-22(28)25(23(29)32-20)14-21(27)24-8-10-31-11-9-24/h4-7,12-13H,8-11,14H2,1-3H3. The predicted molar refractivity (Wildman–Crippen MR) is 122 cm³/mol. The molecule has 0 spiro atoms. The minimum Gasteiger partial charge on any atom is -0.497 e. The molecule has 168 valence electrons. The number of aryl methyl sites for hydroxylation is 1. The van der Waals surface area contributed by atoms with Gasteiger partial charge in [-0.1, -0.05) is 0 Å². The molecule has 0 N–H and O–H groups in total. The summed E-state index contributed by atoms with van der Waals surface area (Å²) in [5.41, 5.74) is 3.78. The number of imide groups is 1. The van der Waals surface area contributed by atoms with Crippen LogP contribution in [0, 0.1) is 13.8 Å². The lowest BCUT2D eigenvalue weighted by atomic mass is 10.2. The fraction of sp³-hybridized carbons (Fsp3) is 0.348. The summed E-state index contributed by atoms with van der Waals surface area (Å²) in [4.78, 5) is 40.8. The van der Waals surface area contributed by atoms with E-state index in [0.29, 0.717) is 31.2 Å². The van der Waals surface area contributed by atoms with Crippen molar-refractivity contribution < 1.29 is 23.9 Å². The number of ether oxygens (including phenoxy) is 2. The van der Waals surface area contributed by atoms with Crippen molar-refractivity contribution in [2.45, 2.75) is 13.8 Å². The number of aromatic nitrogens is 1. The molecular formula is C23H25N3O5S. The number of nitrogens with zero attached hydrogens (tertiary/aromatic N) is 3. The molecule has 2 aliphatic heterocycles. The molecule has 1 aromatic heterocycles. The fourth-order valence-corrected chi connectivity index (χ4v) is 4.72. The van der Waals surface area contributed by atoms with Gasteiger partial charge in [0.25, 0.3) is 11.1 Å². The first-order valence-electron chi connectivity index (χ1n) is 10.3. The molecule has 4 rings (SSSR count). The molecule has 2 aliphatic rings. The van der Waals surface area contributed by atoms with E-state index < -0.39 is 11.1 Å². The Morgan fingerprint density at radius 2 is 1.84 bits per heavy atom. The Morgan fingerprint density at radius 3 is 2.50 bits per heavy atom. The van der Waals surface area contributed by atoms with Crippen LogP contribution in [-0.2, 0) is 14.3 Å². The minimum atomic E-state index is -0.434. The van der Waals surface area contributed by atoms with Gasteiger partial charge in [-0.15, -0.1) is 0 Å². The zero-order valence-electron chi connectivity index (χ0n) is 18.3. The van der Waals surface area contributed by atoms with Crippen molar-refractivity contribution in [1.82, 2.24) is 14.4 Å². The molecule has 2 fully saturated rings. The molecule has 0 atom stereocenters. The van der Waals surface area contributed by atoms with Crippen molar-refractivity contribution in [1.29, 1.82) is 0 Å². The zero-order valence-corrected chi connectivity index (χ0v) is 19.1. The van der Waals surface area contributed by atoms with E-state index >= 15 is 0 Å². The highest BCUT2D eigenvalue weighted by Crippen LogP contribution is 2.34. The SMILES string of the molecule is COc1ccc(-n2c(C)cc(C=C3SC(=O)N(CC(=O)N4CCOCC4)C3=O)c2C)cc1. The lowest BCUT2D eigenvalue weighted by molar-refractivity contribution is -0.139. The van der Waals surface area contributed by atoms with Gasteiger partial charge in [-0.25, -0.2) is 0 Å². The van der Waals surface area contributed by atoms with E-state index in [4.69, 9.17) is 9.47 Å². The fourth-order valence-electron chi connectivity index (χ4n) is 3.89. The molecule has 1 aromatic carbocycles. The molecule has 9 heteroatoms. The van der Waals surface area contributed by atoms with Crippen molar-refractivity contribution in [3.63, 3.8) is 0 Å². The van der Waals surface area contributed by atoms with Crippen LogP contribution in [0.1, 0.15) is 17.0 Å². The number of carbonyl (C=O) groups excluding carboxylic acids is 3. The molecule has 32 heavy (non-hydrogen) atoms. The molecule has 0 bridgehead atoms. The first kappa shape index (κ1) is 22.2. The van der Waals surface area contributed by atoms with Crippen LogP contribution in [0.5, 0.6) is 5.75 Å². The summed E-state index contributed by atoms with van der Waals surface area (Å²) in [6, 6.07) is 9.70. The number of hydrogen-bond donors (Lipinski definition) is 0. The van der Waals surface area contributed by atoms with Crippen LogP contribution < -0.4 is 4.74 Å². The van der Waals surface area contributed by atoms with Crippen LogP contribution in [0.4, 0.5) is 4.79 Å². The molecule has 0 unspecified atom stereocenters. The molecule has 2 aromatic rings. The summed E-state index contributed by atoms with van der Waals surface area (Å²) in [6.07, 6.45) is 1.73. The molecule has 2 saturated heterocycles. The monoisotopic (exact) mass is 455 g/mol. The van der Waals surface area contributed by atoms with Gasteiger partial charge in [-0.05, 0) is 67.6 Å². The highest BCUT2D eigenvalue weighted by molar-refractivity contribution is 8.18. The number of hydrogen-bond acceptors (Lipinski definition) is 6. The molecule has 0 radical (unpaired) electrons. The van der Waals surface area contributed by atoms with Crippen LogP contribution in [-0.4, -0.2) is 71.4 Å². The topological polar surface area (TPSA) is 81.1 Å². The lowest BCUT2D eigenvalue weighted by Crippen LogP contribution is -2.46. The van der Waals surface area contributed by atoms with Crippen LogP contribution >= 0.6 is 11.8 Å².